The zero-order chi connectivity index (χ0) is 22.8. The molecule has 1 fully saturated rings. The maximum absolute atomic E-state index is 13.6. The zero-order valence-electron chi connectivity index (χ0n) is 18.5. The molecule has 166 valence electrons. The maximum atomic E-state index is 13.6. The van der Waals surface area contributed by atoms with Crippen molar-refractivity contribution in [3.05, 3.63) is 65.3 Å². The molecule has 0 aromatic heterocycles. The van der Waals surface area contributed by atoms with E-state index in [-0.39, 0.29) is 18.0 Å². The van der Waals surface area contributed by atoms with Gasteiger partial charge in [0.15, 0.2) is 0 Å². The third kappa shape index (κ3) is 4.19. The summed E-state index contributed by atoms with van der Waals surface area (Å²) >= 11 is 6.24. The molecule has 1 N–H and O–H groups in total. The van der Waals surface area contributed by atoms with Crippen molar-refractivity contribution >= 4 is 34.6 Å². The first-order valence-corrected chi connectivity index (χ1v) is 11.3. The van der Waals surface area contributed by atoms with Crippen molar-refractivity contribution in [2.75, 3.05) is 36.5 Å². The van der Waals surface area contributed by atoms with Gasteiger partial charge < -0.3 is 20.0 Å². The molecule has 7 heteroatoms. The Morgan fingerprint density at radius 3 is 2.78 bits per heavy atom. The number of carbonyl (C=O) groups excluding carboxylic acids is 1. The first-order valence-electron chi connectivity index (χ1n) is 10.9. The van der Waals surface area contributed by atoms with E-state index in [1.807, 2.05) is 53.2 Å². The van der Waals surface area contributed by atoms with Gasteiger partial charge in [-0.25, -0.2) is 0 Å². The summed E-state index contributed by atoms with van der Waals surface area (Å²) < 4.78 is 0. The van der Waals surface area contributed by atoms with E-state index in [1.54, 1.807) is 6.07 Å². The van der Waals surface area contributed by atoms with E-state index in [4.69, 9.17) is 11.6 Å². The standard InChI is InChI=1S/C25H28ClN5O/c1-17(28-15-18(2)30-12-6-7-20(30)14-27)16-31-24-9-5-4-8-23(24)29(3)22-11-10-19(26)13-21(22)25(31)32/h4-5,8-11,13,17,20,28H,2,6-7,12,15-16H2,1,3H3/t17-,20+/m1/s1. The van der Waals surface area contributed by atoms with Crippen LogP contribution in [0.25, 0.3) is 0 Å². The Morgan fingerprint density at radius 1 is 1.28 bits per heavy atom. The quantitative estimate of drug-likeness (QED) is 0.701. The number of hydrogen-bond donors (Lipinski definition) is 1. The Bertz CT molecular complexity index is 1080. The molecule has 0 aliphatic carbocycles. The molecular weight excluding hydrogens is 422 g/mol. The van der Waals surface area contributed by atoms with E-state index in [0.717, 1.165) is 42.1 Å². The van der Waals surface area contributed by atoms with Crippen molar-refractivity contribution in [2.24, 2.45) is 0 Å². The highest BCUT2D eigenvalue weighted by Crippen LogP contribution is 2.40. The lowest BCUT2D eigenvalue weighted by atomic mass is 10.1. The van der Waals surface area contributed by atoms with Crippen LogP contribution in [0.15, 0.2) is 54.7 Å². The van der Waals surface area contributed by atoms with Crippen molar-refractivity contribution in [1.29, 1.82) is 5.26 Å². The predicted octanol–water partition coefficient (Wildman–Crippen LogP) is 4.55. The SMILES string of the molecule is C=C(CN[C@H](C)CN1C(=O)c2cc(Cl)ccc2N(C)c2ccccc21)N1CCC[C@H]1C#N. The van der Waals surface area contributed by atoms with E-state index in [2.05, 4.69) is 29.8 Å². The number of nitrogens with one attached hydrogen (secondary N) is 1. The van der Waals surface area contributed by atoms with Crippen LogP contribution in [0.2, 0.25) is 5.02 Å². The van der Waals surface area contributed by atoms with Crippen LogP contribution in [0.1, 0.15) is 30.1 Å². The fourth-order valence-electron chi connectivity index (χ4n) is 4.53. The lowest BCUT2D eigenvalue weighted by Crippen LogP contribution is -2.44. The van der Waals surface area contributed by atoms with Crippen molar-refractivity contribution in [3.63, 3.8) is 0 Å². The Labute approximate surface area is 194 Å². The number of benzene rings is 2. The molecule has 1 amide bonds. The monoisotopic (exact) mass is 449 g/mol. The van der Waals surface area contributed by atoms with E-state index >= 15 is 0 Å². The first-order chi connectivity index (χ1) is 15.4. The molecule has 2 heterocycles. The third-order valence-electron chi connectivity index (χ3n) is 6.25. The van der Waals surface area contributed by atoms with Crippen LogP contribution >= 0.6 is 11.6 Å². The number of rotatable bonds is 6. The van der Waals surface area contributed by atoms with Gasteiger partial charge in [-0.2, -0.15) is 5.26 Å². The van der Waals surface area contributed by atoms with Gasteiger partial charge in [0.2, 0.25) is 0 Å². The van der Waals surface area contributed by atoms with Crippen LogP contribution < -0.4 is 15.1 Å². The minimum Gasteiger partial charge on any atom is -0.358 e. The zero-order valence-corrected chi connectivity index (χ0v) is 19.3. The Hall–Kier alpha value is -3.01. The molecule has 2 atom stereocenters. The van der Waals surface area contributed by atoms with Gasteiger partial charge in [0.05, 0.1) is 28.7 Å². The second kappa shape index (κ2) is 9.23. The molecule has 0 unspecified atom stereocenters. The number of fused-ring (bicyclic) bond motifs is 2. The lowest BCUT2D eigenvalue weighted by molar-refractivity contribution is 0.0986. The predicted molar refractivity (Wildman–Crippen MR) is 130 cm³/mol. The smallest absolute Gasteiger partial charge is 0.260 e. The average molecular weight is 450 g/mol. The highest BCUT2D eigenvalue weighted by molar-refractivity contribution is 6.31. The van der Waals surface area contributed by atoms with Crippen LogP contribution in [-0.2, 0) is 0 Å². The fraction of sp³-hybridized carbons (Fsp3) is 0.360. The normalized spacial score (nSPS) is 18.6. The van der Waals surface area contributed by atoms with Crippen molar-refractivity contribution in [3.8, 4) is 6.07 Å². The molecule has 6 nitrogen and oxygen atoms in total. The molecule has 2 aromatic carbocycles. The topological polar surface area (TPSA) is 62.6 Å². The summed E-state index contributed by atoms with van der Waals surface area (Å²) in [4.78, 5) is 19.6. The number of halogens is 1. The average Bonchev–Trinajstić information content (AvgIpc) is 3.26. The molecule has 0 bridgehead atoms. The summed E-state index contributed by atoms with van der Waals surface area (Å²) in [5, 5.41) is 13.4. The molecule has 2 aliphatic rings. The highest BCUT2D eigenvalue weighted by atomic mass is 35.5. The summed E-state index contributed by atoms with van der Waals surface area (Å²) in [6.07, 6.45) is 1.90. The third-order valence-corrected chi connectivity index (χ3v) is 6.48. The van der Waals surface area contributed by atoms with Gasteiger partial charge in [0, 0.05) is 43.4 Å². The number of nitriles is 1. The van der Waals surface area contributed by atoms with Gasteiger partial charge in [-0.3, -0.25) is 4.79 Å². The molecular formula is C25H28ClN5O. The van der Waals surface area contributed by atoms with Crippen molar-refractivity contribution < 1.29 is 4.79 Å². The summed E-state index contributed by atoms with van der Waals surface area (Å²) in [6.45, 7) is 8.17. The molecule has 0 spiro atoms. The number of para-hydroxylation sites is 2. The Kier molecular flexibility index (Phi) is 6.40. The summed E-state index contributed by atoms with van der Waals surface area (Å²) in [6, 6.07) is 15.7. The summed E-state index contributed by atoms with van der Waals surface area (Å²) in [7, 11) is 1.97. The number of hydrogen-bond acceptors (Lipinski definition) is 5. The van der Waals surface area contributed by atoms with Crippen LogP contribution in [0.3, 0.4) is 0 Å². The van der Waals surface area contributed by atoms with Crippen LogP contribution in [0, 0.1) is 11.3 Å². The van der Waals surface area contributed by atoms with Gasteiger partial charge in [-0.1, -0.05) is 30.3 Å². The van der Waals surface area contributed by atoms with Gasteiger partial charge in [0.1, 0.15) is 6.04 Å². The lowest BCUT2D eigenvalue weighted by Gasteiger charge is -2.29. The largest absolute Gasteiger partial charge is 0.358 e. The first kappa shape index (κ1) is 22.2. The molecule has 4 rings (SSSR count). The van der Waals surface area contributed by atoms with Crippen LogP contribution in [0.4, 0.5) is 17.1 Å². The van der Waals surface area contributed by atoms with Gasteiger partial charge >= 0.3 is 0 Å². The highest BCUT2D eigenvalue weighted by Gasteiger charge is 2.31. The molecule has 32 heavy (non-hydrogen) atoms. The molecule has 1 saturated heterocycles. The number of likely N-dealkylation sites (tertiary alicyclic amines) is 1. The van der Waals surface area contributed by atoms with Crippen molar-refractivity contribution in [1.82, 2.24) is 10.2 Å². The van der Waals surface area contributed by atoms with Gasteiger partial charge in [0.25, 0.3) is 5.91 Å². The summed E-state index contributed by atoms with van der Waals surface area (Å²) in [5.41, 5.74) is 4.17. The maximum Gasteiger partial charge on any atom is 0.260 e. The Morgan fingerprint density at radius 2 is 2.03 bits per heavy atom. The van der Waals surface area contributed by atoms with E-state index < -0.39 is 0 Å². The Balaban J connectivity index is 1.54. The van der Waals surface area contributed by atoms with Crippen LogP contribution in [0.5, 0.6) is 0 Å². The van der Waals surface area contributed by atoms with Crippen LogP contribution in [-0.4, -0.2) is 49.6 Å². The summed E-state index contributed by atoms with van der Waals surface area (Å²) in [5.74, 6) is -0.0733. The molecule has 2 aliphatic heterocycles. The molecule has 2 aromatic rings. The van der Waals surface area contributed by atoms with E-state index in [0.29, 0.717) is 23.7 Å². The van der Waals surface area contributed by atoms with E-state index in [9.17, 15) is 10.1 Å². The minimum absolute atomic E-state index is 0.0120. The number of carbonyl (C=O) groups is 1. The van der Waals surface area contributed by atoms with E-state index in [1.165, 1.54) is 0 Å². The number of anilines is 3. The fourth-order valence-corrected chi connectivity index (χ4v) is 4.70. The molecule has 0 saturated carbocycles. The second-order valence-electron chi connectivity index (χ2n) is 8.45. The second-order valence-corrected chi connectivity index (χ2v) is 8.89. The molecule has 0 radical (unpaired) electrons. The number of nitrogens with zero attached hydrogens (tertiary/aromatic N) is 4. The minimum atomic E-state index is -0.0875. The van der Waals surface area contributed by atoms with Gasteiger partial charge in [-0.05, 0) is 50.1 Å². The number of amides is 1. The van der Waals surface area contributed by atoms with Gasteiger partial charge in [-0.15, -0.1) is 0 Å². The van der Waals surface area contributed by atoms with Crippen molar-refractivity contribution in [2.45, 2.75) is 31.8 Å².